The summed E-state index contributed by atoms with van der Waals surface area (Å²) in [6, 6.07) is 15.0. The molecule has 0 aliphatic carbocycles. The monoisotopic (exact) mass is 335 g/mol. The fourth-order valence-corrected chi connectivity index (χ4v) is 2.95. The van der Waals surface area contributed by atoms with Crippen molar-refractivity contribution < 1.29 is 9.53 Å². The topological polar surface area (TPSA) is 81.0 Å². The van der Waals surface area contributed by atoms with Gasteiger partial charge in [0.25, 0.3) is 0 Å². The van der Waals surface area contributed by atoms with E-state index in [1.54, 1.807) is 4.57 Å². The molecule has 1 unspecified atom stereocenters. The van der Waals surface area contributed by atoms with Gasteiger partial charge < -0.3 is 10.5 Å². The Morgan fingerprint density at radius 2 is 1.88 bits per heavy atom. The van der Waals surface area contributed by atoms with E-state index in [1.807, 2.05) is 69.3 Å². The van der Waals surface area contributed by atoms with Crippen molar-refractivity contribution in [3.8, 4) is 6.07 Å². The average molecular weight is 335 g/mol. The largest absolute Gasteiger partial charge is 0.443 e. The van der Waals surface area contributed by atoms with Crippen LogP contribution in [0.2, 0.25) is 0 Å². The summed E-state index contributed by atoms with van der Waals surface area (Å²) in [7, 11) is 0. The zero-order valence-electron chi connectivity index (χ0n) is 14.6. The van der Waals surface area contributed by atoms with Gasteiger partial charge in [-0.1, -0.05) is 30.3 Å². The Bertz CT molecular complexity index is 990. The lowest BCUT2D eigenvalue weighted by Gasteiger charge is -2.20. The van der Waals surface area contributed by atoms with Crippen molar-refractivity contribution in [3.63, 3.8) is 0 Å². The number of nitriles is 1. The Morgan fingerprint density at radius 1 is 1.20 bits per heavy atom. The zero-order chi connectivity index (χ0) is 18.2. The number of hydrogen-bond donors (Lipinski definition) is 1. The Kier molecular flexibility index (Phi) is 4.23. The summed E-state index contributed by atoms with van der Waals surface area (Å²) in [6.07, 6.45) is 0.0166. The van der Waals surface area contributed by atoms with Crippen molar-refractivity contribution in [1.29, 1.82) is 5.26 Å². The van der Waals surface area contributed by atoms with Gasteiger partial charge in [0.2, 0.25) is 0 Å². The minimum atomic E-state index is -0.588. The van der Waals surface area contributed by atoms with Crippen LogP contribution in [0.5, 0.6) is 0 Å². The number of benzene rings is 2. The van der Waals surface area contributed by atoms with Gasteiger partial charge in [-0.2, -0.15) is 5.26 Å². The van der Waals surface area contributed by atoms with Crippen LogP contribution in [-0.2, 0) is 11.2 Å². The lowest BCUT2D eigenvalue weighted by molar-refractivity contribution is 0.0551. The van der Waals surface area contributed by atoms with E-state index in [1.165, 1.54) is 0 Å². The first-order valence-corrected chi connectivity index (χ1v) is 8.21. The van der Waals surface area contributed by atoms with Gasteiger partial charge in [-0.25, -0.2) is 9.36 Å². The van der Waals surface area contributed by atoms with Crippen LogP contribution in [0.25, 0.3) is 21.8 Å². The highest BCUT2D eigenvalue weighted by Crippen LogP contribution is 2.30. The molecule has 0 bridgehead atoms. The number of para-hydroxylation sites is 1. The summed E-state index contributed by atoms with van der Waals surface area (Å²) < 4.78 is 7.18. The van der Waals surface area contributed by atoms with Gasteiger partial charge in [0.1, 0.15) is 5.60 Å². The van der Waals surface area contributed by atoms with E-state index in [4.69, 9.17) is 15.7 Å². The number of carbonyl (C=O) groups is 1. The predicted octanol–water partition coefficient (Wildman–Crippen LogP) is 3.97. The predicted molar refractivity (Wildman–Crippen MR) is 98.4 cm³/mol. The number of nitrogens with two attached hydrogens (primary N) is 1. The highest BCUT2D eigenvalue weighted by Gasteiger charge is 2.22. The fraction of sp³-hybridized carbons (Fsp3) is 0.300. The second-order valence-corrected chi connectivity index (χ2v) is 7.12. The maximum Gasteiger partial charge on any atom is 0.419 e. The summed E-state index contributed by atoms with van der Waals surface area (Å²) in [5, 5.41) is 10.9. The summed E-state index contributed by atoms with van der Waals surface area (Å²) >= 11 is 0. The van der Waals surface area contributed by atoms with E-state index in [2.05, 4.69) is 0 Å². The number of ether oxygens (including phenoxy) is 1. The van der Waals surface area contributed by atoms with Gasteiger partial charge in [-0.05, 0) is 38.5 Å². The van der Waals surface area contributed by atoms with E-state index >= 15 is 0 Å². The molecule has 0 saturated heterocycles. The highest BCUT2D eigenvalue weighted by atomic mass is 16.6. The van der Waals surface area contributed by atoms with E-state index in [0.717, 1.165) is 27.4 Å². The lowest BCUT2D eigenvalue weighted by atomic mass is 10.0. The molecule has 1 heterocycles. The van der Waals surface area contributed by atoms with Crippen molar-refractivity contribution in [2.75, 3.05) is 0 Å². The van der Waals surface area contributed by atoms with Gasteiger partial charge in [-0.3, -0.25) is 0 Å². The van der Waals surface area contributed by atoms with Gasteiger partial charge in [-0.15, -0.1) is 0 Å². The molecular weight excluding hydrogens is 314 g/mol. The van der Waals surface area contributed by atoms with Crippen LogP contribution in [0.1, 0.15) is 26.3 Å². The molecule has 0 aliphatic rings. The Labute approximate surface area is 146 Å². The Balaban J connectivity index is 2.21. The Morgan fingerprint density at radius 3 is 2.56 bits per heavy atom. The normalized spacial score (nSPS) is 12.9. The van der Waals surface area contributed by atoms with Crippen molar-refractivity contribution in [3.05, 3.63) is 48.0 Å². The molecule has 5 heteroatoms. The van der Waals surface area contributed by atoms with Crippen LogP contribution in [0.4, 0.5) is 4.79 Å². The van der Waals surface area contributed by atoms with Crippen LogP contribution in [0, 0.1) is 11.3 Å². The van der Waals surface area contributed by atoms with Gasteiger partial charge >= 0.3 is 6.09 Å². The Hall–Kier alpha value is -2.84. The summed E-state index contributed by atoms with van der Waals surface area (Å²) in [5.41, 5.74) is 7.63. The SMILES string of the molecule is CC(C)(C)OC(=O)n1c2ccccc2c2ccc(CC(N)C#N)cc21. The molecule has 2 aromatic carbocycles. The molecule has 0 radical (unpaired) electrons. The second kappa shape index (κ2) is 6.23. The first kappa shape index (κ1) is 17.0. The van der Waals surface area contributed by atoms with Crippen molar-refractivity contribution in [2.24, 2.45) is 5.73 Å². The van der Waals surface area contributed by atoms with E-state index in [0.29, 0.717) is 6.42 Å². The van der Waals surface area contributed by atoms with Crippen LogP contribution in [0.3, 0.4) is 0 Å². The minimum absolute atomic E-state index is 0.416. The number of hydrogen-bond acceptors (Lipinski definition) is 4. The van der Waals surface area contributed by atoms with Crippen LogP contribution < -0.4 is 5.73 Å². The lowest BCUT2D eigenvalue weighted by Crippen LogP contribution is -2.27. The summed E-state index contributed by atoms with van der Waals surface area (Å²) in [4.78, 5) is 12.8. The van der Waals surface area contributed by atoms with Crippen LogP contribution in [0.15, 0.2) is 42.5 Å². The van der Waals surface area contributed by atoms with E-state index in [9.17, 15) is 4.79 Å². The highest BCUT2D eigenvalue weighted by molar-refractivity contribution is 6.12. The molecule has 5 nitrogen and oxygen atoms in total. The molecule has 0 spiro atoms. The molecule has 128 valence electrons. The summed E-state index contributed by atoms with van der Waals surface area (Å²) in [6.45, 7) is 5.53. The first-order valence-electron chi connectivity index (χ1n) is 8.21. The molecule has 0 saturated carbocycles. The third-order valence-corrected chi connectivity index (χ3v) is 3.94. The maximum absolute atomic E-state index is 12.8. The molecule has 25 heavy (non-hydrogen) atoms. The maximum atomic E-state index is 12.8. The van der Waals surface area contributed by atoms with Gasteiger partial charge in [0.15, 0.2) is 0 Å². The molecule has 0 fully saturated rings. The van der Waals surface area contributed by atoms with Crippen LogP contribution in [-0.4, -0.2) is 22.3 Å². The quantitative estimate of drug-likeness (QED) is 0.768. The van der Waals surface area contributed by atoms with Crippen LogP contribution >= 0.6 is 0 Å². The van der Waals surface area contributed by atoms with Crippen molar-refractivity contribution in [2.45, 2.75) is 38.8 Å². The molecule has 3 rings (SSSR count). The van der Waals surface area contributed by atoms with Crippen molar-refractivity contribution in [1.82, 2.24) is 4.57 Å². The second-order valence-electron chi connectivity index (χ2n) is 7.12. The molecule has 0 aliphatic heterocycles. The molecule has 1 atom stereocenters. The number of fused-ring (bicyclic) bond motifs is 3. The number of aromatic nitrogens is 1. The average Bonchev–Trinajstić information content (AvgIpc) is 2.86. The molecule has 0 amide bonds. The van der Waals surface area contributed by atoms with Gasteiger partial charge in [0, 0.05) is 17.2 Å². The number of rotatable bonds is 2. The van der Waals surface area contributed by atoms with E-state index in [-0.39, 0.29) is 0 Å². The van der Waals surface area contributed by atoms with Gasteiger partial charge in [0.05, 0.1) is 23.1 Å². The molecule has 3 aromatic rings. The summed E-state index contributed by atoms with van der Waals surface area (Å²) in [5.74, 6) is 0. The minimum Gasteiger partial charge on any atom is -0.443 e. The molecule has 1 aromatic heterocycles. The van der Waals surface area contributed by atoms with Crippen molar-refractivity contribution >= 4 is 27.9 Å². The molecular formula is C20H21N3O2. The molecule has 2 N–H and O–H groups in total. The standard InChI is InChI=1S/C20H21N3O2/c1-20(2,3)25-19(24)23-17-7-5-4-6-15(17)16-9-8-13(11-18(16)23)10-14(22)12-21/h4-9,11,14H,10,22H2,1-3H3. The van der Waals surface area contributed by atoms with E-state index < -0.39 is 17.7 Å². The fourth-order valence-electron chi connectivity index (χ4n) is 2.95. The third-order valence-electron chi connectivity index (χ3n) is 3.94. The number of carbonyl (C=O) groups excluding carboxylic acids is 1. The third kappa shape index (κ3) is 3.35. The zero-order valence-corrected chi connectivity index (χ0v) is 14.6. The smallest absolute Gasteiger partial charge is 0.419 e. The number of nitrogens with zero attached hydrogens (tertiary/aromatic N) is 2. The first-order chi connectivity index (χ1) is 11.8.